The van der Waals surface area contributed by atoms with Gasteiger partial charge in [0.05, 0.1) is 5.69 Å². The van der Waals surface area contributed by atoms with Crippen LogP contribution in [0.3, 0.4) is 0 Å². The number of phenolic OH excluding ortho intramolecular Hbond substituents is 1. The van der Waals surface area contributed by atoms with Gasteiger partial charge in [0, 0.05) is 24.8 Å². The summed E-state index contributed by atoms with van der Waals surface area (Å²) in [5.41, 5.74) is 1.84. The maximum absolute atomic E-state index is 10.0. The van der Waals surface area contributed by atoms with Gasteiger partial charge < -0.3 is 10.4 Å². The van der Waals surface area contributed by atoms with E-state index in [2.05, 4.69) is 15.3 Å². The number of fused-ring (bicyclic) bond motifs is 1. The first-order valence-electron chi connectivity index (χ1n) is 6.50. The molecular formula is C16H15N3O. The van der Waals surface area contributed by atoms with Crippen LogP contribution in [0.2, 0.25) is 0 Å². The minimum absolute atomic E-state index is 0.318. The van der Waals surface area contributed by atoms with Crippen LogP contribution in [0.15, 0.2) is 55.0 Å². The Bertz CT molecular complexity index is 713. The van der Waals surface area contributed by atoms with E-state index in [0.717, 1.165) is 22.0 Å². The molecule has 1 aromatic heterocycles. The zero-order chi connectivity index (χ0) is 13.8. The highest BCUT2D eigenvalue weighted by Crippen LogP contribution is 2.26. The van der Waals surface area contributed by atoms with Crippen molar-refractivity contribution >= 4 is 10.8 Å². The molecule has 2 aromatic carbocycles. The third-order valence-corrected chi connectivity index (χ3v) is 3.27. The Kier molecular flexibility index (Phi) is 3.56. The first kappa shape index (κ1) is 12.6. The molecule has 0 aliphatic heterocycles. The van der Waals surface area contributed by atoms with Crippen molar-refractivity contribution in [1.82, 2.24) is 15.3 Å². The van der Waals surface area contributed by atoms with Crippen LogP contribution in [0.25, 0.3) is 10.8 Å². The number of benzene rings is 2. The van der Waals surface area contributed by atoms with Crippen LogP contribution >= 0.6 is 0 Å². The molecular weight excluding hydrogens is 250 g/mol. The van der Waals surface area contributed by atoms with Crippen molar-refractivity contribution in [2.24, 2.45) is 0 Å². The molecule has 100 valence electrons. The molecule has 0 radical (unpaired) electrons. The summed E-state index contributed by atoms with van der Waals surface area (Å²) in [4.78, 5) is 8.05. The molecule has 0 unspecified atom stereocenters. The Morgan fingerprint density at radius 1 is 1.00 bits per heavy atom. The van der Waals surface area contributed by atoms with Crippen LogP contribution in [0.1, 0.15) is 11.3 Å². The van der Waals surface area contributed by atoms with Gasteiger partial charge in [-0.2, -0.15) is 0 Å². The van der Waals surface area contributed by atoms with Crippen LogP contribution in [0.5, 0.6) is 5.75 Å². The molecule has 2 N–H and O–H groups in total. The van der Waals surface area contributed by atoms with Crippen LogP contribution in [-0.4, -0.2) is 15.1 Å². The highest BCUT2D eigenvalue weighted by Gasteiger charge is 2.06. The maximum atomic E-state index is 10.0. The number of rotatable bonds is 4. The second kappa shape index (κ2) is 5.67. The average molecular weight is 265 g/mol. The van der Waals surface area contributed by atoms with Gasteiger partial charge in [0.2, 0.25) is 0 Å². The first-order valence-corrected chi connectivity index (χ1v) is 6.50. The molecule has 0 saturated carbocycles. The van der Waals surface area contributed by atoms with E-state index in [9.17, 15) is 5.11 Å². The molecule has 20 heavy (non-hydrogen) atoms. The standard InChI is InChI=1S/C16H15N3O/c20-16-6-5-12-3-1-2-4-14(12)15(16)10-18-9-13-7-8-17-11-19-13/h1-8,11,18,20H,9-10H2. The number of aromatic nitrogens is 2. The van der Waals surface area contributed by atoms with Gasteiger partial charge in [0.15, 0.2) is 0 Å². The summed E-state index contributed by atoms with van der Waals surface area (Å²) >= 11 is 0. The van der Waals surface area contributed by atoms with Gasteiger partial charge in [-0.1, -0.05) is 30.3 Å². The zero-order valence-electron chi connectivity index (χ0n) is 11.0. The smallest absolute Gasteiger partial charge is 0.120 e. The van der Waals surface area contributed by atoms with E-state index in [1.807, 2.05) is 36.4 Å². The monoisotopic (exact) mass is 265 g/mol. The van der Waals surface area contributed by atoms with Gasteiger partial charge in [-0.15, -0.1) is 0 Å². The van der Waals surface area contributed by atoms with Gasteiger partial charge in [-0.3, -0.25) is 0 Å². The van der Waals surface area contributed by atoms with Gasteiger partial charge >= 0.3 is 0 Å². The van der Waals surface area contributed by atoms with E-state index in [4.69, 9.17) is 0 Å². The Labute approximate surface area is 117 Å². The summed E-state index contributed by atoms with van der Waals surface area (Å²) in [6.07, 6.45) is 3.26. The molecule has 4 nitrogen and oxygen atoms in total. The summed E-state index contributed by atoms with van der Waals surface area (Å²) in [6.45, 7) is 1.24. The lowest BCUT2D eigenvalue weighted by atomic mass is 10.0. The third-order valence-electron chi connectivity index (χ3n) is 3.27. The van der Waals surface area contributed by atoms with Crippen LogP contribution < -0.4 is 5.32 Å². The molecule has 0 amide bonds. The number of nitrogens with one attached hydrogen (secondary N) is 1. The molecule has 0 bridgehead atoms. The Morgan fingerprint density at radius 2 is 1.90 bits per heavy atom. The predicted molar refractivity (Wildman–Crippen MR) is 78.2 cm³/mol. The molecule has 3 aromatic rings. The molecule has 4 heteroatoms. The van der Waals surface area contributed by atoms with E-state index >= 15 is 0 Å². The lowest BCUT2D eigenvalue weighted by molar-refractivity contribution is 0.465. The summed E-state index contributed by atoms with van der Waals surface area (Å²) in [6, 6.07) is 13.6. The highest BCUT2D eigenvalue weighted by molar-refractivity contribution is 5.87. The summed E-state index contributed by atoms with van der Waals surface area (Å²) in [5.74, 6) is 0.318. The van der Waals surface area contributed by atoms with E-state index in [0.29, 0.717) is 18.8 Å². The van der Waals surface area contributed by atoms with Crippen LogP contribution in [-0.2, 0) is 13.1 Å². The molecule has 0 aliphatic carbocycles. The number of aromatic hydroxyl groups is 1. The fourth-order valence-electron chi connectivity index (χ4n) is 2.25. The SMILES string of the molecule is Oc1ccc2ccccc2c1CNCc1ccncn1. The fourth-order valence-corrected chi connectivity index (χ4v) is 2.25. The predicted octanol–water partition coefficient (Wildman–Crippen LogP) is 2.63. The Morgan fingerprint density at radius 3 is 2.75 bits per heavy atom. The molecule has 1 heterocycles. The topological polar surface area (TPSA) is 58.0 Å². The fraction of sp³-hybridized carbons (Fsp3) is 0.125. The number of hydrogen-bond donors (Lipinski definition) is 2. The minimum atomic E-state index is 0.318. The summed E-state index contributed by atoms with van der Waals surface area (Å²) in [5, 5.41) is 15.5. The molecule has 3 rings (SSSR count). The Hall–Kier alpha value is -2.46. The van der Waals surface area contributed by atoms with E-state index in [1.165, 1.54) is 6.33 Å². The van der Waals surface area contributed by atoms with Crippen molar-refractivity contribution in [3.8, 4) is 5.75 Å². The molecule has 0 spiro atoms. The lowest BCUT2D eigenvalue weighted by Crippen LogP contribution is -2.14. The first-order chi connectivity index (χ1) is 9.84. The van der Waals surface area contributed by atoms with Crippen molar-refractivity contribution in [3.63, 3.8) is 0 Å². The summed E-state index contributed by atoms with van der Waals surface area (Å²) in [7, 11) is 0. The van der Waals surface area contributed by atoms with Gasteiger partial charge in [0.25, 0.3) is 0 Å². The molecule has 0 fully saturated rings. The minimum Gasteiger partial charge on any atom is -0.508 e. The quantitative estimate of drug-likeness (QED) is 0.761. The second-order valence-electron chi connectivity index (χ2n) is 4.59. The van der Waals surface area contributed by atoms with E-state index in [-0.39, 0.29) is 0 Å². The Balaban J connectivity index is 1.79. The van der Waals surface area contributed by atoms with E-state index < -0.39 is 0 Å². The van der Waals surface area contributed by atoms with Gasteiger partial charge in [-0.25, -0.2) is 9.97 Å². The van der Waals surface area contributed by atoms with Gasteiger partial charge in [-0.05, 0) is 22.9 Å². The van der Waals surface area contributed by atoms with E-state index in [1.54, 1.807) is 12.3 Å². The van der Waals surface area contributed by atoms with Crippen molar-refractivity contribution in [3.05, 3.63) is 66.2 Å². The lowest BCUT2D eigenvalue weighted by Gasteiger charge is -2.10. The van der Waals surface area contributed by atoms with Gasteiger partial charge in [0.1, 0.15) is 12.1 Å². The van der Waals surface area contributed by atoms with Crippen LogP contribution in [0.4, 0.5) is 0 Å². The third kappa shape index (κ3) is 2.60. The second-order valence-corrected chi connectivity index (χ2v) is 4.59. The maximum Gasteiger partial charge on any atom is 0.120 e. The zero-order valence-corrected chi connectivity index (χ0v) is 11.0. The van der Waals surface area contributed by atoms with Crippen molar-refractivity contribution in [1.29, 1.82) is 0 Å². The van der Waals surface area contributed by atoms with Crippen LogP contribution in [0, 0.1) is 0 Å². The van der Waals surface area contributed by atoms with Crippen molar-refractivity contribution in [2.75, 3.05) is 0 Å². The van der Waals surface area contributed by atoms with Crippen molar-refractivity contribution < 1.29 is 5.11 Å². The molecule has 0 aliphatic rings. The normalized spacial score (nSPS) is 10.8. The molecule has 0 saturated heterocycles. The van der Waals surface area contributed by atoms with Crippen molar-refractivity contribution in [2.45, 2.75) is 13.1 Å². The number of hydrogen-bond acceptors (Lipinski definition) is 4. The number of nitrogens with zero attached hydrogens (tertiary/aromatic N) is 2. The molecule has 0 atom stereocenters. The highest BCUT2D eigenvalue weighted by atomic mass is 16.3. The summed E-state index contributed by atoms with van der Waals surface area (Å²) < 4.78 is 0. The average Bonchev–Trinajstić information content (AvgIpc) is 2.50. The largest absolute Gasteiger partial charge is 0.508 e. The number of phenols is 1.